The number of carbonyl (C=O) groups excluding carboxylic acids is 2. The summed E-state index contributed by atoms with van der Waals surface area (Å²) in [4.78, 5) is 23.1. The summed E-state index contributed by atoms with van der Waals surface area (Å²) in [5.41, 5.74) is 2.22. The van der Waals surface area contributed by atoms with Gasteiger partial charge in [-0.15, -0.1) is 0 Å². The Labute approximate surface area is 140 Å². The smallest absolute Gasteiger partial charge is 0.337 e. The van der Waals surface area contributed by atoms with Crippen LogP contribution in [0.15, 0.2) is 54.6 Å². The van der Waals surface area contributed by atoms with Crippen LogP contribution in [-0.2, 0) is 16.0 Å². The monoisotopic (exact) mass is 327 g/mol. The average molecular weight is 327 g/mol. The van der Waals surface area contributed by atoms with Crippen molar-refractivity contribution in [3.8, 4) is 0 Å². The summed E-state index contributed by atoms with van der Waals surface area (Å²) in [6.07, 6.45) is 3.72. The molecule has 0 saturated heterocycles. The number of halogens is 1. The highest BCUT2D eigenvalue weighted by Gasteiger charge is 2.03. The van der Waals surface area contributed by atoms with Gasteiger partial charge in [-0.3, -0.25) is 4.79 Å². The molecule has 5 heteroatoms. The van der Waals surface area contributed by atoms with Crippen LogP contribution in [0.1, 0.15) is 21.5 Å². The SMILES string of the molecule is COC(=O)c1ccc(/C=C/C(=O)NCCc2ccc(F)cc2)cc1. The fourth-order valence-electron chi connectivity index (χ4n) is 2.06. The van der Waals surface area contributed by atoms with E-state index >= 15 is 0 Å². The van der Waals surface area contributed by atoms with Crippen LogP contribution < -0.4 is 5.32 Å². The maximum atomic E-state index is 12.8. The highest BCUT2D eigenvalue weighted by molar-refractivity contribution is 5.92. The molecule has 0 spiro atoms. The van der Waals surface area contributed by atoms with E-state index in [0.29, 0.717) is 18.5 Å². The Morgan fingerprint density at radius 1 is 1.08 bits per heavy atom. The molecular weight excluding hydrogens is 309 g/mol. The van der Waals surface area contributed by atoms with E-state index < -0.39 is 5.97 Å². The van der Waals surface area contributed by atoms with Gasteiger partial charge in [0.2, 0.25) is 5.91 Å². The van der Waals surface area contributed by atoms with Gasteiger partial charge in [-0.25, -0.2) is 9.18 Å². The van der Waals surface area contributed by atoms with E-state index in [2.05, 4.69) is 10.1 Å². The minimum absolute atomic E-state index is 0.214. The molecule has 2 rings (SSSR count). The van der Waals surface area contributed by atoms with Gasteiger partial charge in [0.15, 0.2) is 0 Å². The molecule has 2 aromatic rings. The second-order valence-electron chi connectivity index (χ2n) is 5.11. The first-order chi connectivity index (χ1) is 11.6. The van der Waals surface area contributed by atoms with Crippen molar-refractivity contribution >= 4 is 18.0 Å². The van der Waals surface area contributed by atoms with Crippen molar-refractivity contribution in [1.82, 2.24) is 5.32 Å². The maximum absolute atomic E-state index is 12.8. The number of ether oxygens (including phenoxy) is 1. The number of benzene rings is 2. The van der Waals surface area contributed by atoms with Crippen LogP contribution in [0.3, 0.4) is 0 Å². The standard InChI is InChI=1S/C19H18FNO3/c1-24-19(23)16-7-2-14(3-8-16)6-11-18(22)21-13-12-15-4-9-17(20)10-5-15/h2-11H,12-13H2,1H3,(H,21,22)/b11-6+. The van der Waals surface area contributed by atoms with Crippen molar-refractivity contribution in [2.75, 3.05) is 13.7 Å². The summed E-state index contributed by atoms with van der Waals surface area (Å²) in [6.45, 7) is 0.468. The lowest BCUT2D eigenvalue weighted by Crippen LogP contribution is -2.23. The van der Waals surface area contributed by atoms with Gasteiger partial charge in [-0.1, -0.05) is 24.3 Å². The van der Waals surface area contributed by atoms with Gasteiger partial charge in [0, 0.05) is 12.6 Å². The van der Waals surface area contributed by atoms with E-state index in [-0.39, 0.29) is 11.7 Å². The van der Waals surface area contributed by atoms with Crippen LogP contribution in [-0.4, -0.2) is 25.5 Å². The molecule has 4 nitrogen and oxygen atoms in total. The van der Waals surface area contributed by atoms with Crippen LogP contribution in [0, 0.1) is 5.82 Å². The third kappa shape index (κ3) is 5.35. The summed E-state index contributed by atoms with van der Waals surface area (Å²) in [5.74, 6) is -0.887. The van der Waals surface area contributed by atoms with Crippen molar-refractivity contribution in [1.29, 1.82) is 0 Å². The molecule has 0 saturated carbocycles. The van der Waals surface area contributed by atoms with Crippen LogP contribution in [0.5, 0.6) is 0 Å². The second-order valence-corrected chi connectivity index (χ2v) is 5.11. The lowest BCUT2D eigenvalue weighted by Gasteiger charge is -2.03. The minimum atomic E-state index is -0.399. The molecule has 124 valence electrons. The average Bonchev–Trinajstić information content (AvgIpc) is 2.61. The first-order valence-electron chi connectivity index (χ1n) is 7.47. The highest BCUT2D eigenvalue weighted by atomic mass is 19.1. The minimum Gasteiger partial charge on any atom is -0.465 e. The lowest BCUT2D eigenvalue weighted by atomic mass is 10.1. The van der Waals surface area contributed by atoms with Gasteiger partial charge in [0.25, 0.3) is 0 Å². The molecule has 0 aliphatic heterocycles. The van der Waals surface area contributed by atoms with Crippen LogP contribution in [0.4, 0.5) is 4.39 Å². The summed E-state index contributed by atoms with van der Waals surface area (Å²) >= 11 is 0. The second kappa shape index (κ2) is 8.62. The van der Waals surface area contributed by atoms with Crippen LogP contribution in [0.25, 0.3) is 6.08 Å². The molecule has 0 bridgehead atoms. The number of hydrogen-bond acceptors (Lipinski definition) is 3. The zero-order valence-electron chi connectivity index (χ0n) is 13.3. The van der Waals surface area contributed by atoms with Gasteiger partial charge in [-0.2, -0.15) is 0 Å². The van der Waals surface area contributed by atoms with E-state index in [9.17, 15) is 14.0 Å². The zero-order valence-corrected chi connectivity index (χ0v) is 13.3. The molecule has 0 unspecified atom stereocenters. The Morgan fingerprint density at radius 3 is 2.38 bits per heavy atom. The summed E-state index contributed by atoms with van der Waals surface area (Å²) in [5, 5.41) is 2.76. The fourth-order valence-corrected chi connectivity index (χ4v) is 2.06. The Morgan fingerprint density at radius 2 is 1.75 bits per heavy atom. The number of hydrogen-bond donors (Lipinski definition) is 1. The molecule has 0 radical (unpaired) electrons. The number of esters is 1. The van der Waals surface area contributed by atoms with Gasteiger partial charge in [-0.05, 0) is 47.9 Å². The molecule has 0 aliphatic rings. The zero-order chi connectivity index (χ0) is 17.4. The predicted molar refractivity (Wildman–Crippen MR) is 89.9 cm³/mol. The van der Waals surface area contributed by atoms with E-state index in [1.165, 1.54) is 25.3 Å². The highest BCUT2D eigenvalue weighted by Crippen LogP contribution is 2.07. The lowest BCUT2D eigenvalue weighted by molar-refractivity contribution is -0.116. The molecule has 0 heterocycles. The Hall–Kier alpha value is -2.95. The van der Waals surface area contributed by atoms with Crippen LogP contribution >= 0.6 is 0 Å². The first-order valence-corrected chi connectivity index (χ1v) is 7.47. The molecule has 0 aromatic heterocycles. The van der Waals surface area contributed by atoms with Crippen LogP contribution in [0.2, 0.25) is 0 Å². The third-order valence-electron chi connectivity index (χ3n) is 3.39. The van der Waals surface area contributed by atoms with Crippen molar-refractivity contribution < 1.29 is 18.7 Å². The topological polar surface area (TPSA) is 55.4 Å². The summed E-state index contributed by atoms with van der Waals surface area (Å²) in [6, 6.07) is 12.9. The normalized spacial score (nSPS) is 10.6. The van der Waals surface area contributed by atoms with Crippen molar-refractivity contribution in [2.24, 2.45) is 0 Å². The Balaban J connectivity index is 1.80. The largest absolute Gasteiger partial charge is 0.465 e. The molecular formula is C19H18FNO3. The number of nitrogens with one attached hydrogen (secondary N) is 1. The fraction of sp³-hybridized carbons (Fsp3) is 0.158. The summed E-state index contributed by atoms with van der Waals surface area (Å²) < 4.78 is 17.4. The molecule has 0 aliphatic carbocycles. The molecule has 1 amide bonds. The molecule has 0 atom stereocenters. The van der Waals surface area contributed by atoms with E-state index in [4.69, 9.17) is 0 Å². The van der Waals surface area contributed by atoms with E-state index in [1.807, 2.05) is 0 Å². The van der Waals surface area contributed by atoms with Gasteiger partial charge in [0.1, 0.15) is 5.82 Å². The van der Waals surface area contributed by atoms with E-state index in [0.717, 1.165) is 11.1 Å². The molecule has 1 N–H and O–H groups in total. The van der Waals surface area contributed by atoms with Gasteiger partial charge < -0.3 is 10.1 Å². The number of rotatable bonds is 6. The van der Waals surface area contributed by atoms with Gasteiger partial charge in [0.05, 0.1) is 12.7 Å². The van der Waals surface area contributed by atoms with Crippen molar-refractivity contribution in [2.45, 2.75) is 6.42 Å². The quantitative estimate of drug-likeness (QED) is 0.655. The number of methoxy groups -OCH3 is 1. The maximum Gasteiger partial charge on any atom is 0.337 e. The van der Waals surface area contributed by atoms with Crippen molar-refractivity contribution in [3.63, 3.8) is 0 Å². The summed E-state index contributed by atoms with van der Waals surface area (Å²) in [7, 11) is 1.33. The molecule has 24 heavy (non-hydrogen) atoms. The third-order valence-corrected chi connectivity index (χ3v) is 3.39. The van der Waals surface area contributed by atoms with E-state index in [1.54, 1.807) is 42.5 Å². The molecule has 0 fully saturated rings. The first kappa shape index (κ1) is 17.4. The Kier molecular flexibility index (Phi) is 6.25. The molecule has 2 aromatic carbocycles. The van der Waals surface area contributed by atoms with Gasteiger partial charge >= 0.3 is 5.97 Å². The predicted octanol–water partition coefficient (Wildman–Crippen LogP) is 2.98. The Bertz CT molecular complexity index is 721. The van der Waals surface area contributed by atoms with Crippen molar-refractivity contribution in [3.05, 3.63) is 77.1 Å². The number of carbonyl (C=O) groups is 2. The number of amides is 1.